The molecule has 0 aliphatic carbocycles. The molecule has 1 atom stereocenters. The minimum atomic E-state index is -4.84. The molecule has 190 valence electrons. The van der Waals surface area contributed by atoms with Crippen molar-refractivity contribution in [2.75, 3.05) is 25.1 Å². The van der Waals surface area contributed by atoms with E-state index in [1.54, 1.807) is 0 Å². The fraction of sp³-hybridized carbons (Fsp3) is 0.458. The Labute approximate surface area is 199 Å². The maximum Gasteiger partial charge on any atom is 0.416 e. The van der Waals surface area contributed by atoms with E-state index in [-0.39, 0.29) is 19.1 Å². The Morgan fingerprint density at radius 1 is 1.17 bits per heavy atom. The van der Waals surface area contributed by atoms with E-state index in [0.29, 0.717) is 18.7 Å². The number of rotatable bonds is 11. The molecule has 3 N–H and O–H groups in total. The predicted molar refractivity (Wildman–Crippen MR) is 120 cm³/mol. The maximum atomic E-state index is 13.5. The number of nitrogens with one attached hydrogen (secondary N) is 2. The number of anilines is 1. The third kappa shape index (κ3) is 7.91. The van der Waals surface area contributed by atoms with E-state index in [9.17, 15) is 32.3 Å². The molecule has 11 heteroatoms. The molecule has 2 heterocycles. The molecule has 0 spiro atoms. The van der Waals surface area contributed by atoms with Crippen LogP contribution in [-0.2, 0) is 28.5 Å². The predicted octanol–water partition coefficient (Wildman–Crippen LogP) is 4.21. The largest absolute Gasteiger partial charge is 0.480 e. The number of carboxylic acid groups (broad SMARTS) is 1. The van der Waals surface area contributed by atoms with Gasteiger partial charge in [-0.1, -0.05) is 6.07 Å². The van der Waals surface area contributed by atoms with Gasteiger partial charge < -0.3 is 20.5 Å². The van der Waals surface area contributed by atoms with E-state index in [1.165, 1.54) is 5.56 Å². The van der Waals surface area contributed by atoms with Gasteiger partial charge in [-0.3, -0.25) is 4.79 Å². The second-order valence-corrected chi connectivity index (χ2v) is 8.29. The second-order valence-electron chi connectivity index (χ2n) is 8.29. The molecule has 7 nitrogen and oxygen atoms in total. The number of aromatic nitrogens is 1. The van der Waals surface area contributed by atoms with Gasteiger partial charge in [0.05, 0.1) is 5.56 Å². The zero-order valence-electron chi connectivity index (χ0n) is 19.0. The molecule has 2 aromatic rings. The number of nitrogens with zero attached hydrogens (tertiary/aromatic N) is 1. The summed E-state index contributed by atoms with van der Waals surface area (Å²) in [5.74, 6) is -2.79. The fourth-order valence-electron chi connectivity index (χ4n) is 3.70. The molecule has 1 aromatic heterocycles. The van der Waals surface area contributed by atoms with Gasteiger partial charge in [0.2, 0.25) is 0 Å². The van der Waals surface area contributed by atoms with E-state index < -0.39 is 41.0 Å². The van der Waals surface area contributed by atoms with Crippen molar-refractivity contribution in [3.8, 4) is 0 Å². The van der Waals surface area contributed by atoms with Crippen LogP contribution in [0.1, 0.15) is 52.9 Å². The first-order valence-corrected chi connectivity index (χ1v) is 11.4. The molecule has 35 heavy (non-hydrogen) atoms. The van der Waals surface area contributed by atoms with Crippen LogP contribution in [0, 0.1) is 5.82 Å². The molecule has 0 fully saturated rings. The Morgan fingerprint density at radius 3 is 2.71 bits per heavy atom. The number of amides is 1. The van der Waals surface area contributed by atoms with Gasteiger partial charge in [-0.05, 0) is 61.9 Å². The molecule has 1 aromatic carbocycles. The SMILES string of the molecule is O=C(NC(CCOCCCCc1ccc2c(n1)NCCC2)C(=O)O)c1cc(F)cc(C(F)(F)F)c1. The number of aryl methyl sites for hydroxylation is 2. The normalized spacial score (nSPS) is 14.1. The lowest BCUT2D eigenvalue weighted by atomic mass is 10.1. The Morgan fingerprint density at radius 2 is 1.97 bits per heavy atom. The minimum Gasteiger partial charge on any atom is -0.480 e. The summed E-state index contributed by atoms with van der Waals surface area (Å²) in [6.45, 7) is 1.32. The number of pyridine rings is 1. The highest BCUT2D eigenvalue weighted by Gasteiger charge is 2.32. The smallest absolute Gasteiger partial charge is 0.416 e. The van der Waals surface area contributed by atoms with Gasteiger partial charge in [0.1, 0.15) is 17.7 Å². The molecule has 0 saturated carbocycles. The summed E-state index contributed by atoms with van der Waals surface area (Å²) >= 11 is 0. The second kappa shape index (κ2) is 12.0. The van der Waals surface area contributed by atoms with E-state index in [0.717, 1.165) is 50.2 Å². The third-order valence-corrected chi connectivity index (χ3v) is 5.56. The molecular formula is C24H27F4N3O4. The Balaban J connectivity index is 1.40. The van der Waals surface area contributed by atoms with Gasteiger partial charge in [-0.25, -0.2) is 14.2 Å². The number of hydrogen-bond donors (Lipinski definition) is 3. The zero-order valence-corrected chi connectivity index (χ0v) is 19.0. The molecule has 0 saturated heterocycles. The minimum absolute atomic E-state index is 0.0230. The standard InChI is InChI=1S/C24H27F4N3O4/c25-18-13-16(12-17(14-18)24(26,27)28)22(32)31-20(23(33)34)8-11-35-10-2-1-5-19-7-6-15-4-3-9-29-21(15)30-19/h6-7,12-14,20H,1-5,8-11H2,(H,29,30)(H,31,32)(H,33,34). The van der Waals surface area contributed by atoms with Crippen molar-refractivity contribution in [3.05, 3.63) is 58.5 Å². The van der Waals surface area contributed by atoms with Gasteiger partial charge in [-0.15, -0.1) is 0 Å². The molecular weight excluding hydrogens is 470 g/mol. The van der Waals surface area contributed by atoms with Crippen molar-refractivity contribution in [1.29, 1.82) is 0 Å². The number of carboxylic acids is 1. The molecule has 1 unspecified atom stereocenters. The van der Waals surface area contributed by atoms with E-state index in [1.807, 2.05) is 6.07 Å². The summed E-state index contributed by atoms with van der Waals surface area (Å²) in [6, 6.07) is 4.07. The van der Waals surface area contributed by atoms with Crippen molar-refractivity contribution in [2.45, 2.75) is 50.7 Å². The lowest BCUT2D eigenvalue weighted by Gasteiger charge is -2.17. The van der Waals surface area contributed by atoms with Crippen LogP contribution in [0.4, 0.5) is 23.4 Å². The van der Waals surface area contributed by atoms with Crippen molar-refractivity contribution in [1.82, 2.24) is 10.3 Å². The number of fused-ring (bicyclic) bond motifs is 1. The third-order valence-electron chi connectivity index (χ3n) is 5.56. The number of halogens is 4. The highest BCUT2D eigenvalue weighted by Crippen LogP contribution is 2.30. The van der Waals surface area contributed by atoms with E-state index in [2.05, 4.69) is 21.7 Å². The molecule has 1 aliphatic rings. The number of benzene rings is 1. The van der Waals surface area contributed by atoms with Crippen molar-refractivity contribution < 1.29 is 37.0 Å². The maximum absolute atomic E-state index is 13.5. The first-order valence-electron chi connectivity index (χ1n) is 11.4. The lowest BCUT2D eigenvalue weighted by Crippen LogP contribution is -2.41. The van der Waals surface area contributed by atoms with Crippen LogP contribution in [0.5, 0.6) is 0 Å². The summed E-state index contributed by atoms with van der Waals surface area (Å²) in [5, 5.41) is 14.7. The van der Waals surface area contributed by atoms with Crippen molar-refractivity contribution in [2.24, 2.45) is 0 Å². The molecule has 0 bridgehead atoms. The summed E-state index contributed by atoms with van der Waals surface area (Å²) in [5.41, 5.74) is 0.259. The van der Waals surface area contributed by atoms with Crippen LogP contribution in [-0.4, -0.2) is 47.8 Å². The lowest BCUT2D eigenvalue weighted by molar-refractivity contribution is -0.140. The van der Waals surface area contributed by atoms with Crippen molar-refractivity contribution in [3.63, 3.8) is 0 Å². The van der Waals surface area contributed by atoms with Gasteiger partial charge >= 0.3 is 12.1 Å². The van der Waals surface area contributed by atoms with Gasteiger partial charge in [0.25, 0.3) is 5.91 Å². The number of alkyl halides is 3. The number of carbonyl (C=O) groups excluding carboxylic acids is 1. The highest BCUT2D eigenvalue weighted by atomic mass is 19.4. The number of ether oxygens (including phenoxy) is 1. The molecule has 1 amide bonds. The molecule has 1 aliphatic heterocycles. The van der Waals surface area contributed by atoms with Crippen LogP contribution in [0.2, 0.25) is 0 Å². The van der Waals surface area contributed by atoms with E-state index in [4.69, 9.17) is 4.74 Å². The van der Waals surface area contributed by atoms with Crippen LogP contribution >= 0.6 is 0 Å². The van der Waals surface area contributed by atoms with Gasteiger partial charge in [-0.2, -0.15) is 13.2 Å². The fourth-order valence-corrected chi connectivity index (χ4v) is 3.70. The Hall–Kier alpha value is -3.21. The summed E-state index contributed by atoms with van der Waals surface area (Å²) in [7, 11) is 0. The number of aliphatic carboxylic acids is 1. The Kier molecular flexibility index (Phi) is 9.02. The Bertz CT molecular complexity index is 1050. The van der Waals surface area contributed by atoms with Gasteiger partial charge in [0, 0.05) is 37.4 Å². The highest BCUT2D eigenvalue weighted by molar-refractivity contribution is 5.96. The van der Waals surface area contributed by atoms with Gasteiger partial charge in [0.15, 0.2) is 0 Å². The first kappa shape index (κ1) is 26.4. The topological polar surface area (TPSA) is 101 Å². The number of hydrogen-bond acceptors (Lipinski definition) is 5. The summed E-state index contributed by atoms with van der Waals surface area (Å²) < 4.78 is 57.5. The first-order chi connectivity index (χ1) is 16.6. The average molecular weight is 497 g/mol. The molecule has 0 radical (unpaired) electrons. The monoisotopic (exact) mass is 497 g/mol. The summed E-state index contributed by atoms with van der Waals surface area (Å²) in [4.78, 5) is 28.3. The molecule has 3 rings (SSSR count). The number of carbonyl (C=O) groups is 2. The van der Waals surface area contributed by atoms with E-state index >= 15 is 0 Å². The zero-order chi connectivity index (χ0) is 25.4. The number of unbranched alkanes of at least 4 members (excludes halogenated alkanes) is 1. The van der Waals surface area contributed by atoms with Crippen molar-refractivity contribution >= 4 is 17.7 Å². The summed E-state index contributed by atoms with van der Waals surface area (Å²) in [6.07, 6.45) is -0.490. The van der Waals surface area contributed by atoms with Crippen LogP contribution in [0.25, 0.3) is 0 Å². The van der Waals surface area contributed by atoms with Crippen LogP contribution in [0.15, 0.2) is 30.3 Å². The van der Waals surface area contributed by atoms with Crippen LogP contribution in [0.3, 0.4) is 0 Å². The average Bonchev–Trinajstić information content (AvgIpc) is 2.81. The quantitative estimate of drug-likeness (QED) is 0.318. The van der Waals surface area contributed by atoms with Crippen LogP contribution < -0.4 is 10.6 Å².